The highest BCUT2D eigenvalue weighted by Gasteiger charge is 2.29. The Hall–Kier alpha value is -4.86. The smallest absolute Gasteiger partial charge is 0.411 e. The largest absolute Gasteiger partial charge is 0.480 e. The van der Waals surface area contributed by atoms with Gasteiger partial charge in [0.05, 0.1) is 23.8 Å². The lowest BCUT2D eigenvalue weighted by atomic mass is 9.98. The highest BCUT2D eigenvalue weighted by atomic mass is 16.5. The normalized spacial score (nSPS) is 12.0. The highest BCUT2D eigenvalue weighted by molar-refractivity contribution is 6.07. The Morgan fingerprint density at radius 1 is 1.00 bits per heavy atom. The molecule has 0 atom stereocenters. The summed E-state index contributed by atoms with van der Waals surface area (Å²) in [6, 6.07) is 17.5. The maximum Gasteiger partial charge on any atom is 0.411 e. The summed E-state index contributed by atoms with van der Waals surface area (Å²) in [7, 11) is 0. The molecule has 0 saturated carbocycles. The number of rotatable bonds is 7. The van der Waals surface area contributed by atoms with E-state index in [1.165, 1.54) is 24.7 Å². The molecule has 2 amide bonds. The van der Waals surface area contributed by atoms with E-state index in [9.17, 15) is 14.4 Å². The Bertz CT molecular complexity index is 1380. The molecule has 0 radical (unpaired) electrons. The summed E-state index contributed by atoms with van der Waals surface area (Å²) in [5, 5.41) is 17.8. The van der Waals surface area contributed by atoms with Gasteiger partial charge in [-0.15, -0.1) is 0 Å². The van der Waals surface area contributed by atoms with Crippen LogP contribution in [0.15, 0.2) is 77.7 Å². The van der Waals surface area contributed by atoms with Crippen LogP contribution in [0.5, 0.6) is 0 Å². The molecule has 1 aliphatic rings. The molecule has 1 aliphatic carbocycles. The van der Waals surface area contributed by atoms with Crippen molar-refractivity contribution in [3.05, 3.63) is 90.1 Å². The molecule has 10 heteroatoms. The van der Waals surface area contributed by atoms with Crippen LogP contribution < -0.4 is 10.6 Å². The Morgan fingerprint density at radius 2 is 1.69 bits per heavy atom. The van der Waals surface area contributed by atoms with E-state index >= 15 is 0 Å². The van der Waals surface area contributed by atoms with Crippen molar-refractivity contribution in [2.75, 3.05) is 17.2 Å². The van der Waals surface area contributed by atoms with Crippen molar-refractivity contribution in [3.63, 3.8) is 0 Å². The quantitative estimate of drug-likeness (QED) is 0.367. The monoisotopic (exact) mass is 472 g/mol. The van der Waals surface area contributed by atoms with Crippen LogP contribution in [0.25, 0.3) is 11.1 Å². The van der Waals surface area contributed by atoms with Gasteiger partial charge in [-0.1, -0.05) is 48.5 Å². The Kier molecular flexibility index (Phi) is 5.76. The second kappa shape index (κ2) is 9.18. The zero-order valence-electron chi connectivity index (χ0n) is 18.3. The van der Waals surface area contributed by atoms with Crippen molar-refractivity contribution < 1.29 is 28.6 Å². The molecule has 176 valence electrons. The first-order chi connectivity index (χ1) is 17.0. The van der Waals surface area contributed by atoms with Gasteiger partial charge >= 0.3 is 12.1 Å². The van der Waals surface area contributed by atoms with Crippen molar-refractivity contribution in [1.29, 1.82) is 0 Å². The fraction of sp³-hybridized carbons (Fsp3) is 0.120. The van der Waals surface area contributed by atoms with E-state index in [0.29, 0.717) is 0 Å². The van der Waals surface area contributed by atoms with E-state index in [1.807, 2.05) is 36.4 Å². The zero-order chi connectivity index (χ0) is 24.4. The van der Waals surface area contributed by atoms with E-state index in [4.69, 9.17) is 14.3 Å². The summed E-state index contributed by atoms with van der Waals surface area (Å²) in [6.45, 7) is -0.215. The summed E-state index contributed by atoms with van der Waals surface area (Å²) in [5.41, 5.74) is 4.84. The third-order valence-electron chi connectivity index (χ3n) is 5.64. The standard InChI is InChI=1S/C25H20N4O6/c30-22(31)13-29-12-15(11-26-29)27-24(32)23-21(9-10-34-23)28-25(33)35-14-20-18-7-3-1-5-16(18)17-6-2-4-8-19(17)20/h1-12,20H,13-14H2,(H,27,32)(H,28,33)(H,30,31). The number of furan rings is 1. The number of carboxylic acid groups (broad SMARTS) is 1. The SMILES string of the molecule is O=C(O)Cn1cc(NC(=O)c2occc2NC(=O)OCC2c3ccccc3-c3ccccc32)cn1. The predicted molar refractivity (Wildman–Crippen MR) is 125 cm³/mol. The van der Waals surface area contributed by atoms with Crippen LogP contribution in [-0.2, 0) is 16.1 Å². The molecule has 0 bridgehead atoms. The summed E-state index contributed by atoms with van der Waals surface area (Å²) in [4.78, 5) is 35.9. The molecule has 2 heterocycles. The zero-order valence-corrected chi connectivity index (χ0v) is 18.3. The maximum absolute atomic E-state index is 12.6. The number of carboxylic acids is 1. The van der Waals surface area contributed by atoms with Crippen LogP contribution in [0.3, 0.4) is 0 Å². The maximum atomic E-state index is 12.6. The average Bonchev–Trinajstić information content (AvgIpc) is 3.55. The molecular weight excluding hydrogens is 452 g/mol. The molecule has 35 heavy (non-hydrogen) atoms. The molecule has 10 nitrogen and oxygen atoms in total. The van der Waals surface area contributed by atoms with Crippen molar-refractivity contribution in [1.82, 2.24) is 9.78 Å². The van der Waals surface area contributed by atoms with Crippen LogP contribution in [0.4, 0.5) is 16.2 Å². The minimum Gasteiger partial charge on any atom is -0.480 e. The minimum absolute atomic E-state index is 0.0948. The molecule has 5 rings (SSSR count). The van der Waals surface area contributed by atoms with Crippen molar-refractivity contribution >= 4 is 29.3 Å². The predicted octanol–water partition coefficient (Wildman–Crippen LogP) is 4.17. The van der Waals surface area contributed by atoms with Crippen LogP contribution >= 0.6 is 0 Å². The summed E-state index contributed by atoms with van der Waals surface area (Å²) >= 11 is 0. The number of anilines is 2. The Balaban J connectivity index is 1.23. The van der Waals surface area contributed by atoms with Crippen LogP contribution in [0.1, 0.15) is 27.6 Å². The number of nitrogens with zero attached hydrogens (tertiary/aromatic N) is 2. The van der Waals surface area contributed by atoms with Crippen LogP contribution in [0.2, 0.25) is 0 Å². The van der Waals surface area contributed by atoms with E-state index in [2.05, 4.69) is 27.9 Å². The number of carbonyl (C=O) groups is 3. The lowest BCUT2D eigenvalue weighted by Gasteiger charge is -2.14. The molecule has 0 fully saturated rings. The molecule has 0 unspecified atom stereocenters. The summed E-state index contributed by atoms with van der Waals surface area (Å²) in [5.74, 6) is -1.93. The second-order valence-corrected chi connectivity index (χ2v) is 7.89. The number of hydrogen-bond acceptors (Lipinski definition) is 6. The molecular formula is C25H20N4O6. The lowest BCUT2D eigenvalue weighted by Crippen LogP contribution is -2.20. The Morgan fingerprint density at radius 3 is 2.37 bits per heavy atom. The lowest BCUT2D eigenvalue weighted by molar-refractivity contribution is -0.137. The fourth-order valence-corrected chi connectivity index (χ4v) is 4.17. The van der Waals surface area contributed by atoms with Gasteiger partial charge in [-0.05, 0) is 22.3 Å². The summed E-state index contributed by atoms with van der Waals surface area (Å²) in [6.07, 6.45) is 3.22. The number of amides is 2. The van der Waals surface area contributed by atoms with E-state index in [-0.39, 0.29) is 36.2 Å². The number of benzene rings is 2. The van der Waals surface area contributed by atoms with Gasteiger partial charge in [-0.2, -0.15) is 5.10 Å². The van der Waals surface area contributed by atoms with Gasteiger partial charge in [-0.25, -0.2) is 4.79 Å². The van der Waals surface area contributed by atoms with Gasteiger partial charge in [-0.3, -0.25) is 19.6 Å². The average molecular weight is 472 g/mol. The number of fused-ring (bicyclic) bond motifs is 3. The topological polar surface area (TPSA) is 136 Å². The van der Waals surface area contributed by atoms with E-state index in [0.717, 1.165) is 26.9 Å². The van der Waals surface area contributed by atoms with Gasteiger partial charge in [0.15, 0.2) is 0 Å². The number of aliphatic carboxylic acids is 1. The van der Waals surface area contributed by atoms with Crippen LogP contribution in [0, 0.1) is 0 Å². The van der Waals surface area contributed by atoms with Crippen molar-refractivity contribution in [3.8, 4) is 11.1 Å². The first kappa shape index (κ1) is 22.0. The highest BCUT2D eigenvalue weighted by Crippen LogP contribution is 2.44. The molecule has 0 saturated heterocycles. The third-order valence-corrected chi connectivity index (χ3v) is 5.64. The number of carbonyl (C=O) groups excluding carboxylic acids is 2. The molecule has 4 aromatic rings. The number of hydrogen-bond donors (Lipinski definition) is 3. The van der Waals surface area contributed by atoms with E-state index in [1.54, 1.807) is 0 Å². The van der Waals surface area contributed by atoms with Gasteiger partial charge in [0.2, 0.25) is 5.76 Å². The molecule has 0 spiro atoms. The van der Waals surface area contributed by atoms with Crippen molar-refractivity contribution in [2.24, 2.45) is 0 Å². The molecule has 3 N–H and O–H groups in total. The molecule has 2 aromatic heterocycles. The van der Waals surface area contributed by atoms with Gasteiger partial charge in [0.25, 0.3) is 5.91 Å². The number of nitrogens with one attached hydrogen (secondary N) is 2. The molecule has 0 aliphatic heterocycles. The van der Waals surface area contributed by atoms with Gasteiger partial charge in [0.1, 0.15) is 13.2 Å². The third kappa shape index (κ3) is 4.49. The minimum atomic E-state index is -1.06. The van der Waals surface area contributed by atoms with Gasteiger partial charge in [0, 0.05) is 18.2 Å². The van der Waals surface area contributed by atoms with E-state index < -0.39 is 18.0 Å². The fourth-order valence-electron chi connectivity index (χ4n) is 4.17. The first-order valence-electron chi connectivity index (χ1n) is 10.7. The van der Waals surface area contributed by atoms with Crippen molar-refractivity contribution in [2.45, 2.75) is 12.5 Å². The second-order valence-electron chi connectivity index (χ2n) is 7.89. The molecule has 2 aromatic carbocycles. The summed E-state index contributed by atoms with van der Waals surface area (Å²) < 4.78 is 11.9. The van der Waals surface area contributed by atoms with Gasteiger partial charge < -0.3 is 19.6 Å². The number of ether oxygens (including phenoxy) is 1. The first-order valence-corrected chi connectivity index (χ1v) is 10.7. The number of aromatic nitrogens is 2. The van der Waals surface area contributed by atoms with Crippen LogP contribution in [-0.4, -0.2) is 39.5 Å². The Labute approximate surface area is 199 Å².